The van der Waals surface area contributed by atoms with Gasteiger partial charge < -0.3 is 15.4 Å². The van der Waals surface area contributed by atoms with E-state index in [2.05, 4.69) is 5.10 Å². The number of hydrogen-bond acceptors (Lipinski definition) is 5. The highest BCUT2D eigenvalue weighted by molar-refractivity contribution is 5.99. The summed E-state index contributed by atoms with van der Waals surface area (Å²) in [5.74, 6) is -0.344. The summed E-state index contributed by atoms with van der Waals surface area (Å²) in [6.45, 7) is 0.999. The Labute approximate surface area is 143 Å². The Balaban J connectivity index is 1.55. The Morgan fingerprint density at radius 2 is 2.08 bits per heavy atom. The topological polar surface area (TPSA) is 90.5 Å². The Kier molecular flexibility index (Phi) is 3.57. The van der Waals surface area contributed by atoms with Crippen LogP contribution < -0.4 is 5.73 Å². The minimum absolute atomic E-state index is 0.0675. The minimum atomic E-state index is -0.547. The standard InChI is InChI=1S/C17H17FN4O3/c18-11-1-3-12(4-2-11)22-15(19)14(8-20-22)16(24)21-6-5-17(10-21)7-13(23)9-25-17/h1-4,8H,5-7,9-10,19H2. The second-order valence-corrected chi connectivity index (χ2v) is 6.50. The van der Waals surface area contributed by atoms with E-state index in [1.54, 1.807) is 4.90 Å². The van der Waals surface area contributed by atoms with Crippen molar-refractivity contribution in [1.82, 2.24) is 14.7 Å². The zero-order chi connectivity index (χ0) is 17.6. The zero-order valence-electron chi connectivity index (χ0n) is 13.4. The minimum Gasteiger partial charge on any atom is -0.383 e. The van der Waals surface area contributed by atoms with Crippen LogP contribution in [0, 0.1) is 5.82 Å². The van der Waals surface area contributed by atoms with Crippen molar-refractivity contribution in [3.63, 3.8) is 0 Å². The lowest BCUT2D eigenvalue weighted by molar-refractivity contribution is -0.117. The molecule has 4 rings (SSSR count). The van der Waals surface area contributed by atoms with E-state index in [-0.39, 0.29) is 35.5 Å². The summed E-state index contributed by atoms with van der Waals surface area (Å²) < 4.78 is 20.1. The van der Waals surface area contributed by atoms with Crippen LogP contribution in [-0.4, -0.2) is 51.7 Å². The van der Waals surface area contributed by atoms with Gasteiger partial charge in [-0.2, -0.15) is 5.10 Å². The Morgan fingerprint density at radius 3 is 2.76 bits per heavy atom. The van der Waals surface area contributed by atoms with Gasteiger partial charge in [-0.25, -0.2) is 9.07 Å². The number of nitrogens with zero attached hydrogens (tertiary/aromatic N) is 3. The third-order valence-electron chi connectivity index (χ3n) is 4.77. The second kappa shape index (κ2) is 5.66. The summed E-state index contributed by atoms with van der Waals surface area (Å²) in [6.07, 6.45) is 2.39. The Bertz CT molecular complexity index is 848. The molecule has 1 unspecified atom stereocenters. The third-order valence-corrected chi connectivity index (χ3v) is 4.77. The van der Waals surface area contributed by atoms with Crippen LogP contribution >= 0.6 is 0 Å². The largest absolute Gasteiger partial charge is 0.383 e. The number of aromatic nitrogens is 2. The number of amides is 1. The van der Waals surface area contributed by atoms with E-state index in [0.29, 0.717) is 31.6 Å². The quantitative estimate of drug-likeness (QED) is 0.883. The Morgan fingerprint density at radius 1 is 1.32 bits per heavy atom. The number of nitrogen functional groups attached to an aromatic ring is 1. The van der Waals surface area contributed by atoms with Crippen molar-refractivity contribution >= 4 is 17.5 Å². The number of hydrogen-bond donors (Lipinski definition) is 1. The van der Waals surface area contributed by atoms with Gasteiger partial charge in [0.05, 0.1) is 24.0 Å². The predicted molar refractivity (Wildman–Crippen MR) is 86.8 cm³/mol. The van der Waals surface area contributed by atoms with E-state index < -0.39 is 5.60 Å². The van der Waals surface area contributed by atoms with E-state index in [1.165, 1.54) is 35.1 Å². The maximum absolute atomic E-state index is 13.1. The fourth-order valence-electron chi connectivity index (χ4n) is 3.46. The molecule has 2 aliphatic heterocycles. The molecule has 0 bridgehead atoms. The van der Waals surface area contributed by atoms with Gasteiger partial charge in [0.2, 0.25) is 0 Å². The first-order chi connectivity index (χ1) is 12.0. The lowest BCUT2D eigenvalue weighted by atomic mass is 9.99. The first-order valence-corrected chi connectivity index (χ1v) is 8.02. The molecule has 2 aliphatic rings. The molecule has 8 heteroatoms. The number of nitrogens with two attached hydrogens (primary N) is 1. The first-order valence-electron chi connectivity index (χ1n) is 8.02. The van der Waals surface area contributed by atoms with Crippen LogP contribution in [-0.2, 0) is 9.53 Å². The van der Waals surface area contributed by atoms with Crippen LogP contribution in [0.15, 0.2) is 30.5 Å². The van der Waals surface area contributed by atoms with Gasteiger partial charge in [0.25, 0.3) is 5.91 Å². The van der Waals surface area contributed by atoms with Crippen molar-refractivity contribution in [2.75, 3.05) is 25.4 Å². The van der Waals surface area contributed by atoms with Gasteiger partial charge in [-0.3, -0.25) is 9.59 Å². The summed E-state index contributed by atoms with van der Waals surface area (Å²) in [6, 6.07) is 5.68. The Hall–Kier alpha value is -2.74. The van der Waals surface area contributed by atoms with Crippen molar-refractivity contribution in [2.45, 2.75) is 18.4 Å². The van der Waals surface area contributed by atoms with Crippen LogP contribution in [0.1, 0.15) is 23.2 Å². The monoisotopic (exact) mass is 344 g/mol. The molecule has 0 saturated carbocycles. The number of carbonyl (C=O) groups excluding carboxylic acids is 2. The summed E-state index contributed by atoms with van der Waals surface area (Å²) in [7, 11) is 0. The van der Waals surface area contributed by atoms with Crippen LogP contribution in [0.3, 0.4) is 0 Å². The average Bonchev–Trinajstić information content (AvgIpc) is 3.28. The van der Waals surface area contributed by atoms with Crippen molar-refractivity contribution in [3.8, 4) is 5.69 Å². The fraction of sp³-hybridized carbons (Fsp3) is 0.353. The molecular weight excluding hydrogens is 327 g/mol. The smallest absolute Gasteiger partial charge is 0.259 e. The molecule has 1 aromatic carbocycles. The highest BCUT2D eigenvalue weighted by Crippen LogP contribution is 2.34. The molecule has 1 amide bonds. The van der Waals surface area contributed by atoms with Gasteiger partial charge in [0, 0.05) is 13.0 Å². The molecule has 7 nitrogen and oxygen atoms in total. The van der Waals surface area contributed by atoms with Crippen LogP contribution in [0.4, 0.5) is 10.2 Å². The van der Waals surface area contributed by atoms with E-state index in [1.807, 2.05) is 0 Å². The van der Waals surface area contributed by atoms with Gasteiger partial charge in [-0.1, -0.05) is 0 Å². The van der Waals surface area contributed by atoms with Gasteiger partial charge in [0.1, 0.15) is 23.8 Å². The number of ether oxygens (including phenoxy) is 1. The average molecular weight is 344 g/mol. The van der Waals surface area contributed by atoms with Gasteiger partial charge in [0.15, 0.2) is 5.78 Å². The molecular formula is C17H17FN4O3. The molecule has 1 atom stereocenters. The maximum Gasteiger partial charge on any atom is 0.259 e. The van der Waals surface area contributed by atoms with Crippen molar-refractivity contribution < 1.29 is 18.7 Å². The SMILES string of the molecule is Nc1c(C(=O)N2CCC3(CC(=O)CO3)C2)cnn1-c1ccc(F)cc1. The number of anilines is 1. The molecule has 2 N–H and O–H groups in total. The zero-order valence-corrected chi connectivity index (χ0v) is 13.4. The number of Topliss-reactive ketones (excluding diaryl/α,β-unsaturated/α-hetero) is 1. The molecule has 2 aromatic rings. The van der Waals surface area contributed by atoms with Gasteiger partial charge in [-0.05, 0) is 30.7 Å². The summed E-state index contributed by atoms with van der Waals surface area (Å²) >= 11 is 0. The molecule has 2 fully saturated rings. The van der Waals surface area contributed by atoms with Crippen molar-refractivity contribution in [1.29, 1.82) is 0 Å². The lowest BCUT2D eigenvalue weighted by Crippen LogP contribution is -2.36. The molecule has 1 aromatic heterocycles. The first kappa shape index (κ1) is 15.8. The summed E-state index contributed by atoms with van der Waals surface area (Å²) in [5, 5.41) is 4.15. The van der Waals surface area contributed by atoms with Crippen molar-refractivity contribution in [3.05, 3.63) is 41.8 Å². The third kappa shape index (κ3) is 2.68. The molecule has 3 heterocycles. The highest BCUT2D eigenvalue weighted by atomic mass is 19.1. The molecule has 25 heavy (non-hydrogen) atoms. The number of halogens is 1. The summed E-state index contributed by atoms with van der Waals surface area (Å²) in [5.41, 5.74) is 6.39. The molecule has 2 saturated heterocycles. The van der Waals surface area contributed by atoms with Crippen LogP contribution in [0.25, 0.3) is 5.69 Å². The summed E-state index contributed by atoms with van der Waals surface area (Å²) in [4.78, 5) is 25.9. The van der Waals surface area contributed by atoms with E-state index in [9.17, 15) is 14.0 Å². The molecule has 130 valence electrons. The fourth-order valence-corrected chi connectivity index (χ4v) is 3.46. The lowest BCUT2D eigenvalue weighted by Gasteiger charge is -2.22. The predicted octanol–water partition coefficient (Wildman–Crippen LogP) is 1.17. The molecule has 0 aliphatic carbocycles. The number of benzene rings is 1. The van der Waals surface area contributed by atoms with Crippen molar-refractivity contribution in [2.24, 2.45) is 0 Å². The molecule has 1 spiro atoms. The second-order valence-electron chi connectivity index (χ2n) is 6.50. The number of rotatable bonds is 2. The maximum atomic E-state index is 13.1. The highest BCUT2D eigenvalue weighted by Gasteiger charge is 2.46. The van der Waals surface area contributed by atoms with Crippen LogP contribution in [0.5, 0.6) is 0 Å². The number of carbonyl (C=O) groups is 2. The van der Waals surface area contributed by atoms with E-state index >= 15 is 0 Å². The number of ketones is 1. The number of likely N-dealkylation sites (tertiary alicyclic amines) is 1. The van der Waals surface area contributed by atoms with E-state index in [0.717, 1.165) is 0 Å². The van der Waals surface area contributed by atoms with Gasteiger partial charge in [-0.15, -0.1) is 0 Å². The molecule has 0 radical (unpaired) electrons. The van der Waals surface area contributed by atoms with E-state index in [4.69, 9.17) is 10.5 Å². The normalized spacial score (nSPS) is 22.9. The van der Waals surface area contributed by atoms with Gasteiger partial charge >= 0.3 is 0 Å². The van der Waals surface area contributed by atoms with Crippen LogP contribution in [0.2, 0.25) is 0 Å².